The van der Waals surface area contributed by atoms with Gasteiger partial charge < -0.3 is 14.5 Å². The number of carbonyl (C=O) groups excluding carboxylic acids is 1. The summed E-state index contributed by atoms with van der Waals surface area (Å²) in [5.41, 5.74) is 0.574. The van der Waals surface area contributed by atoms with E-state index in [0.29, 0.717) is 27.7 Å². The van der Waals surface area contributed by atoms with Gasteiger partial charge in [0.1, 0.15) is 11.3 Å². The average Bonchev–Trinajstić information content (AvgIpc) is 2.81. The maximum absolute atomic E-state index is 12.6. The van der Waals surface area contributed by atoms with Crippen LogP contribution in [0.15, 0.2) is 77.8 Å². The minimum atomic E-state index is -0.744. The van der Waals surface area contributed by atoms with Gasteiger partial charge in [-0.05, 0) is 65.3 Å². The molecule has 1 N–H and O–H groups in total. The van der Waals surface area contributed by atoms with Crippen LogP contribution >= 0.6 is 31.9 Å². The van der Waals surface area contributed by atoms with Crippen molar-refractivity contribution in [3.05, 3.63) is 90.1 Å². The molecule has 0 fully saturated rings. The third-order valence-electron chi connectivity index (χ3n) is 4.98. The van der Waals surface area contributed by atoms with Crippen molar-refractivity contribution < 1.29 is 13.9 Å². The molecule has 174 valence electrons. The van der Waals surface area contributed by atoms with Crippen molar-refractivity contribution in [1.29, 1.82) is 0 Å². The molecule has 0 spiro atoms. The second-order valence-corrected chi connectivity index (χ2v) is 9.04. The van der Waals surface area contributed by atoms with Crippen LogP contribution < -0.4 is 21.2 Å². The first-order chi connectivity index (χ1) is 16.4. The number of aromatic nitrogens is 2. The number of fused-ring (bicyclic) bond motifs is 1. The number of amides is 1. The summed E-state index contributed by atoms with van der Waals surface area (Å²) in [7, 11) is 0. The summed E-state index contributed by atoms with van der Waals surface area (Å²) in [5.74, 6) is 0.162. The Bertz CT molecular complexity index is 1480. The lowest BCUT2D eigenvalue weighted by atomic mass is 10.1. The number of halogens is 2. The number of carbonyl (C=O) groups is 1. The number of hydrogen-bond donors (Lipinski definition) is 1. The smallest absolute Gasteiger partial charge is 0.349 e. The molecule has 0 aliphatic rings. The molecule has 2 aromatic heterocycles. The van der Waals surface area contributed by atoms with Crippen molar-refractivity contribution in [2.24, 2.45) is 0 Å². The lowest BCUT2D eigenvalue weighted by molar-refractivity contribution is 0.0948. The zero-order valence-corrected chi connectivity index (χ0v) is 21.2. The van der Waals surface area contributed by atoms with Crippen LogP contribution in [-0.4, -0.2) is 28.6 Å². The van der Waals surface area contributed by atoms with Crippen LogP contribution in [0.4, 0.5) is 0 Å². The lowest BCUT2D eigenvalue weighted by Crippen LogP contribution is -2.33. The molecule has 0 bridgehead atoms. The Kier molecular flexibility index (Phi) is 7.28. The van der Waals surface area contributed by atoms with Gasteiger partial charge in [-0.3, -0.25) is 14.2 Å². The monoisotopic (exact) mass is 587 g/mol. The van der Waals surface area contributed by atoms with E-state index in [9.17, 15) is 14.4 Å². The van der Waals surface area contributed by atoms with Crippen molar-refractivity contribution >= 4 is 48.7 Å². The SMILES string of the molecule is CCOc1ccc(-c2cc(=O)n(CCNC(=O)c3cc4cc(Br)cc(Br)c4oc3=O)cn2)cc1. The first-order valence-corrected chi connectivity index (χ1v) is 11.9. The number of nitrogens with zero attached hydrogens (tertiary/aromatic N) is 2. The molecule has 0 atom stereocenters. The Morgan fingerprint density at radius 3 is 2.59 bits per heavy atom. The summed E-state index contributed by atoms with van der Waals surface area (Å²) in [5, 5.41) is 3.24. The lowest BCUT2D eigenvalue weighted by Gasteiger charge is -2.09. The molecule has 2 aromatic carbocycles. The molecule has 4 aromatic rings. The fourth-order valence-electron chi connectivity index (χ4n) is 3.34. The van der Waals surface area contributed by atoms with Crippen LogP contribution in [0.1, 0.15) is 17.3 Å². The summed E-state index contributed by atoms with van der Waals surface area (Å²) >= 11 is 6.71. The van der Waals surface area contributed by atoms with Crippen LogP contribution in [0.2, 0.25) is 0 Å². The van der Waals surface area contributed by atoms with Crippen LogP contribution in [-0.2, 0) is 6.54 Å². The predicted octanol–water partition coefficient (Wildman–Crippen LogP) is 4.37. The van der Waals surface area contributed by atoms with E-state index in [1.54, 1.807) is 12.1 Å². The van der Waals surface area contributed by atoms with Crippen molar-refractivity contribution in [1.82, 2.24) is 14.9 Å². The van der Waals surface area contributed by atoms with E-state index in [1.165, 1.54) is 23.0 Å². The van der Waals surface area contributed by atoms with Crippen molar-refractivity contribution in [3.63, 3.8) is 0 Å². The highest BCUT2D eigenvalue weighted by atomic mass is 79.9. The quantitative estimate of drug-likeness (QED) is 0.322. The topological polar surface area (TPSA) is 103 Å². The van der Waals surface area contributed by atoms with Crippen molar-refractivity contribution in [2.45, 2.75) is 13.5 Å². The maximum Gasteiger partial charge on any atom is 0.349 e. The van der Waals surface area contributed by atoms with Crippen LogP contribution in [0.3, 0.4) is 0 Å². The van der Waals surface area contributed by atoms with Gasteiger partial charge in [0.2, 0.25) is 0 Å². The molecule has 0 radical (unpaired) electrons. The second kappa shape index (κ2) is 10.4. The van der Waals surface area contributed by atoms with Gasteiger partial charge in [-0.1, -0.05) is 15.9 Å². The zero-order valence-electron chi connectivity index (χ0n) is 18.0. The molecule has 10 heteroatoms. The number of hydrogen-bond acceptors (Lipinski definition) is 6. The highest BCUT2D eigenvalue weighted by Gasteiger charge is 2.15. The highest BCUT2D eigenvalue weighted by molar-refractivity contribution is 9.11. The third-order valence-corrected chi connectivity index (χ3v) is 6.02. The Labute approximate surface area is 210 Å². The number of ether oxygens (including phenoxy) is 1. The standard InChI is InChI=1S/C24H19Br2N3O5/c1-2-33-17-5-3-14(4-6-17)20-12-21(30)29(13-28-20)8-7-27-23(31)18-10-15-9-16(25)11-19(26)22(15)34-24(18)32/h3-6,9-13H,2,7-8H2,1H3,(H,27,31). The van der Waals surface area contributed by atoms with E-state index in [4.69, 9.17) is 9.15 Å². The fourth-order valence-corrected chi connectivity index (χ4v) is 4.68. The Morgan fingerprint density at radius 1 is 1.12 bits per heavy atom. The first kappa shape index (κ1) is 23.9. The Morgan fingerprint density at radius 2 is 1.88 bits per heavy atom. The van der Waals surface area contributed by atoms with Crippen LogP contribution in [0.5, 0.6) is 5.75 Å². The van der Waals surface area contributed by atoms with Crippen molar-refractivity contribution in [3.8, 4) is 17.0 Å². The molecule has 0 saturated carbocycles. The number of rotatable bonds is 7. The van der Waals surface area contributed by atoms with E-state index >= 15 is 0 Å². The fraction of sp³-hybridized carbons (Fsp3) is 0.167. The average molecular weight is 589 g/mol. The highest BCUT2D eigenvalue weighted by Crippen LogP contribution is 2.28. The van der Waals surface area contributed by atoms with Crippen LogP contribution in [0, 0.1) is 0 Å². The Hall–Kier alpha value is -3.24. The molecule has 34 heavy (non-hydrogen) atoms. The first-order valence-electron chi connectivity index (χ1n) is 10.4. The van der Waals surface area contributed by atoms with Gasteiger partial charge in [0.05, 0.1) is 23.1 Å². The largest absolute Gasteiger partial charge is 0.494 e. The summed E-state index contributed by atoms with van der Waals surface area (Å²) in [6.07, 6.45) is 1.43. The number of nitrogens with one attached hydrogen (secondary N) is 1. The van der Waals surface area contributed by atoms with E-state index in [-0.39, 0.29) is 24.2 Å². The molecule has 4 rings (SSSR count). The predicted molar refractivity (Wildman–Crippen MR) is 135 cm³/mol. The summed E-state index contributed by atoms with van der Waals surface area (Å²) in [4.78, 5) is 41.7. The van der Waals surface area contributed by atoms with Crippen LogP contribution in [0.25, 0.3) is 22.2 Å². The normalized spacial score (nSPS) is 10.9. The molecular formula is C24H19Br2N3O5. The Balaban J connectivity index is 1.43. The third kappa shape index (κ3) is 5.28. The minimum absolute atomic E-state index is 0.117. The molecule has 1 amide bonds. The molecule has 0 saturated heterocycles. The van der Waals surface area contributed by atoms with Gasteiger partial charge in [0.15, 0.2) is 5.58 Å². The molecule has 8 nitrogen and oxygen atoms in total. The van der Waals surface area contributed by atoms with Gasteiger partial charge >= 0.3 is 5.63 Å². The van der Waals surface area contributed by atoms with Gasteiger partial charge in [-0.25, -0.2) is 9.78 Å². The molecule has 0 aliphatic heterocycles. The molecule has 0 aliphatic carbocycles. The van der Waals surface area contributed by atoms with E-state index in [1.807, 2.05) is 31.2 Å². The molecule has 0 unspecified atom stereocenters. The molecular weight excluding hydrogens is 570 g/mol. The molecule has 2 heterocycles. The minimum Gasteiger partial charge on any atom is -0.494 e. The van der Waals surface area contributed by atoms with E-state index in [0.717, 1.165) is 15.8 Å². The summed E-state index contributed by atoms with van der Waals surface area (Å²) in [6, 6.07) is 13.7. The van der Waals surface area contributed by atoms with Gasteiger partial charge in [0.25, 0.3) is 11.5 Å². The van der Waals surface area contributed by atoms with Gasteiger partial charge in [-0.2, -0.15) is 0 Å². The summed E-state index contributed by atoms with van der Waals surface area (Å²) < 4.78 is 13.5. The van der Waals surface area contributed by atoms with Crippen molar-refractivity contribution in [2.75, 3.05) is 13.2 Å². The van der Waals surface area contributed by atoms with Gasteiger partial charge in [-0.15, -0.1) is 0 Å². The maximum atomic E-state index is 12.6. The van der Waals surface area contributed by atoms with E-state index < -0.39 is 11.5 Å². The number of benzene rings is 2. The second-order valence-electron chi connectivity index (χ2n) is 7.27. The zero-order chi connectivity index (χ0) is 24.2. The van der Waals surface area contributed by atoms with E-state index in [2.05, 4.69) is 42.2 Å². The van der Waals surface area contributed by atoms with Gasteiger partial charge in [0, 0.05) is 34.6 Å². The summed E-state index contributed by atoms with van der Waals surface area (Å²) in [6.45, 7) is 2.80.